The Morgan fingerprint density at radius 2 is 2.25 bits per heavy atom. The quantitative estimate of drug-likeness (QED) is 0.909. The number of likely N-dealkylation sites (tertiary alicyclic amines) is 1. The van der Waals surface area contributed by atoms with Gasteiger partial charge in [0.15, 0.2) is 0 Å². The molecule has 1 aliphatic rings. The third-order valence-corrected chi connectivity index (χ3v) is 4.43. The molecule has 1 unspecified atom stereocenters. The Balaban J connectivity index is 1.80. The summed E-state index contributed by atoms with van der Waals surface area (Å²) in [5.74, 6) is 0.824. The van der Waals surface area contributed by atoms with E-state index in [0.717, 1.165) is 25.2 Å². The number of benzene rings is 1. The molecule has 1 heterocycles. The van der Waals surface area contributed by atoms with Gasteiger partial charge in [-0.3, -0.25) is 4.79 Å². The average Bonchev–Trinajstić information content (AvgIpc) is 2.43. The number of carbonyl (C=O) groups excluding carboxylic acids is 1. The third-order valence-electron chi connectivity index (χ3n) is 3.62. The Labute approximate surface area is 130 Å². The summed E-state index contributed by atoms with van der Waals surface area (Å²) in [5.41, 5.74) is 0.777. The largest absolute Gasteiger partial charge is 0.383 e. The van der Waals surface area contributed by atoms with E-state index in [-0.39, 0.29) is 5.91 Å². The molecule has 110 valence electrons. The van der Waals surface area contributed by atoms with Crippen molar-refractivity contribution in [2.75, 3.05) is 25.0 Å². The third kappa shape index (κ3) is 4.03. The number of nitrogens with one attached hydrogen (secondary N) is 1. The summed E-state index contributed by atoms with van der Waals surface area (Å²) in [6.07, 6.45) is 2.82. The minimum atomic E-state index is 0.210. The van der Waals surface area contributed by atoms with Crippen LogP contribution in [0.4, 0.5) is 5.69 Å². The van der Waals surface area contributed by atoms with Crippen molar-refractivity contribution >= 4 is 34.8 Å². The smallest absolute Gasteiger partial charge is 0.224 e. The van der Waals surface area contributed by atoms with Crippen LogP contribution >= 0.6 is 23.2 Å². The molecule has 1 atom stereocenters. The summed E-state index contributed by atoms with van der Waals surface area (Å²) >= 11 is 12.0. The topological polar surface area (TPSA) is 32.3 Å². The van der Waals surface area contributed by atoms with Crippen molar-refractivity contribution < 1.29 is 4.79 Å². The highest BCUT2D eigenvalue weighted by molar-refractivity contribution is 6.43. The number of piperidine rings is 1. The van der Waals surface area contributed by atoms with Crippen LogP contribution in [0, 0.1) is 5.92 Å². The fraction of sp³-hybridized carbons (Fsp3) is 0.533. The Bertz CT molecular complexity index is 479. The number of hydrogen-bond acceptors (Lipinski definition) is 2. The Morgan fingerprint density at radius 1 is 1.45 bits per heavy atom. The van der Waals surface area contributed by atoms with Crippen molar-refractivity contribution in [3.05, 3.63) is 28.2 Å². The summed E-state index contributed by atoms with van der Waals surface area (Å²) in [5, 5.41) is 4.20. The standard InChI is InChI=1S/C15H20Cl2N2O/c1-11-4-3-9-19(10-11)14(20)7-8-18-13-6-2-5-12(16)15(13)17/h2,5-6,11,18H,3-4,7-10H2,1H3. The number of carbonyl (C=O) groups is 1. The zero-order valence-corrected chi connectivity index (χ0v) is 13.2. The van der Waals surface area contributed by atoms with Gasteiger partial charge in [-0.05, 0) is 30.9 Å². The van der Waals surface area contributed by atoms with Crippen LogP contribution in [0.2, 0.25) is 10.0 Å². The van der Waals surface area contributed by atoms with Crippen LogP contribution in [0.1, 0.15) is 26.2 Å². The number of halogens is 2. The minimum Gasteiger partial charge on any atom is -0.383 e. The zero-order chi connectivity index (χ0) is 14.5. The highest BCUT2D eigenvalue weighted by Crippen LogP contribution is 2.29. The second-order valence-electron chi connectivity index (χ2n) is 5.37. The van der Waals surface area contributed by atoms with Crippen LogP contribution in [-0.4, -0.2) is 30.4 Å². The molecule has 0 bridgehead atoms. The molecule has 0 aliphatic carbocycles. The van der Waals surface area contributed by atoms with Crippen LogP contribution in [0.5, 0.6) is 0 Å². The monoisotopic (exact) mass is 314 g/mol. The first-order valence-electron chi connectivity index (χ1n) is 7.03. The van der Waals surface area contributed by atoms with Crippen molar-refractivity contribution in [2.45, 2.75) is 26.2 Å². The molecule has 1 N–H and O–H groups in total. The molecule has 5 heteroatoms. The molecule has 20 heavy (non-hydrogen) atoms. The van der Waals surface area contributed by atoms with Crippen LogP contribution in [0.15, 0.2) is 18.2 Å². The highest BCUT2D eigenvalue weighted by atomic mass is 35.5. The molecule has 3 nitrogen and oxygen atoms in total. The van der Waals surface area contributed by atoms with Crippen LogP contribution in [0.25, 0.3) is 0 Å². The SMILES string of the molecule is CC1CCCN(C(=O)CCNc2cccc(Cl)c2Cl)C1. The molecule has 1 aromatic rings. The summed E-state index contributed by atoms with van der Waals surface area (Å²) in [7, 11) is 0. The van der Waals surface area contributed by atoms with Crippen molar-refractivity contribution in [3.8, 4) is 0 Å². The number of anilines is 1. The first-order valence-corrected chi connectivity index (χ1v) is 7.79. The molecule has 0 radical (unpaired) electrons. The van der Waals surface area contributed by atoms with Gasteiger partial charge in [-0.15, -0.1) is 0 Å². The van der Waals surface area contributed by atoms with Gasteiger partial charge in [0.25, 0.3) is 0 Å². The fourth-order valence-electron chi connectivity index (χ4n) is 2.52. The van der Waals surface area contributed by atoms with E-state index in [0.29, 0.717) is 28.9 Å². The van der Waals surface area contributed by atoms with Gasteiger partial charge >= 0.3 is 0 Å². The van der Waals surface area contributed by atoms with Crippen LogP contribution < -0.4 is 5.32 Å². The van der Waals surface area contributed by atoms with Crippen molar-refractivity contribution in [1.82, 2.24) is 4.90 Å². The van der Waals surface area contributed by atoms with Gasteiger partial charge in [0.05, 0.1) is 15.7 Å². The van der Waals surface area contributed by atoms with Gasteiger partial charge in [-0.2, -0.15) is 0 Å². The number of hydrogen-bond donors (Lipinski definition) is 1. The zero-order valence-electron chi connectivity index (χ0n) is 11.7. The first-order chi connectivity index (χ1) is 9.58. The predicted octanol–water partition coefficient (Wildman–Crippen LogP) is 4.05. The van der Waals surface area contributed by atoms with Gasteiger partial charge in [0.1, 0.15) is 0 Å². The normalized spacial score (nSPS) is 18.9. The highest BCUT2D eigenvalue weighted by Gasteiger charge is 2.20. The lowest BCUT2D eigenvalue weighted by molar-refractivity contribution is -0.132. The lowest BCUT2D eigenvalue weighted by atomic mass is 10.00. The predicted molar refractivity (Wildman–Crippen MR) is 84.5 cm³/mol. The van der Waals surface area contributed by atoms with Crippen LogP contribution in [0.3, 0.4) is 0 Å². The molecule has 1 aromatic carbocycles. The molecular weight excluding hydrogens is 295 g/mol. The molecule has 0 spiro atoms. The lowest BCUT2D eigenvalue weighted by Gasteiger charge is -2.31. The van der Waals surface area contributed by atoms with E-state index in [2.05, 4.69) is 12.2 Å². The molecule has 1 aliphatic heterocycles. The van der Waals surface area contributed by atoms with Crippen molar-refractivity contribution in [3.63, 3.8) is 0 Å². The first kappa shape index (κ1) is 15.5. The molecule has 1 saturated heterocycles. The average molecular weight is 315 g/mol. The van der Waals surface area contributed by atoms with Gasteiger partial charge in [-0.25, -0.2) is 0 Å². The van der Waals surface area contributed by atoms with E-state index in [1.54, 1.807) is 6.07 Å². The van der Waals surface area contributed by atoms with E-state index >= 15 is 0 Å². The Hall–Kier alpha value is -0.930. The van der Waals surface area contributed by atoms with E-state index in [4.69, 9.17) is 23.2 Å². The lowest BCUT2D eigenvalue weighted by Crippen LogP contribution is -2.39. The van der Waals surface area contributed by atoms with Gasteiger partial charge < -0.3 is 10.2 Å². The maximum atomic E-state index is 12.1. The van der Waals surface area contributed by atoms with E-state index in [1.165, 1.54) is 6.42 Å². The molecule has 0 aromatic heterocycles. The van der Waals surface area contributed by atoms with Crippen LogP contribution in [-0.2, 0) is 4.79 Å². The maximum Gasteiger partial charge on any atom is 0.224 e. The molecule has 1 amide bonds. The van der Waals surface area contributed by atoms with Gasteiger partial charge in [-0.1, -0.05) is 36.2 Å². The molecular formula is C15H20Cl2N2O. The van der Waals surface area contributed by atoms with E-state index in [9.17, 15) is 4.79 Å². The van der Waals surface area contributed by atoms with E-state index < -0.39 is 0 Å². The van der Waals surface area contributed by atoms with Crippen molar-refractivity contribution in [1.29, 1.82) is 0 Å². The Kier molecular flexibility index (Phi) is 5.55. The minimum absolute atomic E-state index is 0.210. The maximum absolute atomic E-state index is 12.1. The van der Waals surface area contributed by atoms with Crippen molar-refractivity contribution in [2.24, 2.45) is 5.92 Å². The number of rotatable bonds is 4. The van der Waals surface area contributed by atoms with Gasteiger partial charge in [0, 0.05) is 26.1 Å². The molecule has 1 fully saturated rings. The Morgan fingerprint density at radius 3 is 3.00 bits per heavy atom. The van der Waals surface area contributed by atoms with E-state index in [1.807, 2.05) is 17.0 Å². The summed E-state index contributed by atoms with van der Waals surface area (Å²) < 4.78 is 0. The molecule has 2 rings (SSSR count). The molecule has 0 saturated carbocycles. The second kappa shape index (κ2) is 7.19. The summed E-state index contributed by atoms with van der Waals surface area (Å²) in [4.78, 5) is 14.1. The number of amides is 1. The summed E-state index contributed by atoms with van der Waals surface area (Å²) in [6, 6.07) is 5.45. The fourth-order valence-corrected chi connectivity index (χ4v) is 2.89. The second-order valence-corrected chi connectivity index (χ2v) is 6.15. The summed E-state index contributed by atoms with van der Waals surface area (Å²) in [6.45, 7) is 4.55. The number of nitrogens with zero attached hydrogens (tertiary/aromatic N) is 1. The van der Waals surface area contributed by atoms with Gasteiger partial charge in [0.2, 0.25) is 5.91 Å².